The molecule has 1 rings (SSSR count). The van der Waals surface area contributed by atoms with Crippen LogP contribution in [-0.4, -0.2) is 23.6 Å². The molecule has 0 spiro atoms. The van der Waals surface area contributed by atoms with E-state index < -0.39 is 42.2 Å². The van der Waals surface area contributed by atoms with Gasteiger partial charge in [0.05, 0.1) is 13.7 Å². The van der Waals surface area contributed by atoms with Gasteiger partial charge in [0.15, 0.2) is 17.2 Å². The molecule has 0 radical (unpaired) electrons. The Morgan fingerprint density at radius 2 is 1.94 bits per heavy atom. The van der Waals surface area contributed by atoms with Crippen molar-refractivity contribution in [2.24, 2.45) is 0 Å². The van der Waals surface area contributed by atoms with E-state index in [-0.39, 0.29) is 0 Å². The normalized spacial score (nSPS) is 11.8. The SMILES string of the molecule is COc1c(C(F)F)ncc(CO)c1OC(F)(F)F. The molecule has 18 heavy (non-hydrogen) atoms. The van der Waals surface area contributed by atoms with E-state index in [1.807, 2.05) is 0 Å². The van der Waals surface area contributed by atoms with Crippen LogP contribution >= 0.6 is 0 Å². The second-order valence-corrected chi connectivity index (χ2v) is 3.04. The molecule has 0 saturated carbocycles. The van der Waals surface area contributed by atoms with Crippen LogP contribution in [0.1, 0.15) is 17.7 Å². The number of alkyl halides is 5. The number of aliphatic hydroxyl groups excluding tert-OH is 1. The summed E-state index contributed by atoms with van der Waals surface area (Å²) < 4.78 is 69.5. The molecule has 0 unspecified atom stereocenters. The summed E-state index contributed by atoms with van der Waals surface area (Å²) in [7, 11) is 0.896. The Labute approximate surface area is 98.0 Å². The maximum absolute atomic E-state index is 12.5. The monoisotopic (exact) mass is 273 g/mol. The lowest BCUT2D eigenvalue weighted by atomic mass is 10.2. The fraction of sp³-hybridized carbons (Fsp3) is 0.444. The summed E-state index contributed by atoms with van der Waals surface area (Å²) in [5.41, 5.74) is -1.40. The van der Waals surface area contributed by atoms with E-state index in [0.717, 1.165) is 7.11 Å². The van der Waals surface area contributed by atoms with E-state index in [1.54, 1.807) is 0 Å². The maximum Gasteiger partial charge on any atom is 0.573 e. The van der Waals surface area contributed by atoms with Crippen LogP contribution in [0, 0.1) is 0 Å². The largest absolute Gasteiger partial charge is 0.573 e. The van der Waals surface area contributed by atoms with Gasteiger partial charge in [0.1, 0.15) is 0 Å². The summed E-state index contributed by atoms with van der Waals surface area (Å²) in [6.45, 7) is -0.863. The zero-order valence-corrected chi connectivity index (χ0v) is 8.96. The van der Waals surface area contributed by atoms with Gasteiger partial charge in [0.25, 0.3) is 6.43 Å². The van der Waals surface area contributed by atoms with Gasteiger partial charge in [-0.2, -0.15) is 0 Å². The number of methoxy groups -OCH3 is 1. The van der Waals surface area contributed by atoms with Crippen LogP contribution < -0.4 is 9.47 Å². The third-order valence-electron chi connectivity index (χ3n) is 1.89. The van der Waals surface area contributed by atoms with Gasteiger partial charge in [0.2, 0.25) is 0 Å². The number of aliphatic hydroxyl groups is 1. The van der Waals surface area contributed by atoms with E-state index >= 15 is 0 Å². The van der Waals surface area contributed by atoms with E-state index in [0.29, 0.717) is 6.20 Å². The van der Waals surface area contributed by atoms with Gasteiger partial charge in [-0.05, 0) is 0 Å². The molecular formula is C9H8F5NO3. The summed E-state index contributed by atoms with van der Waals surface area (Å²) in [6, 6.07) is 0. The number of ether oxygens (including phenoxy) is 2. The molecule has 4 nitrogen and oxygen atoms in total. The van der Waals surface area contributed by atoms with E-state index in [9.17, 15) is 22.0 Å². The van der Waals surface area contributed by atoms with E-state index in [2.05, 4.69) is 14.5 Å². The van der Waals surface area contributed by atoms with E-state index in [4.69, 9.17) is 5.11 Å². The minimum atomic E-state index is -5.10. The zero-order chi connectivity index (χ0) is 13.9. The first-order valence-electron chi connectivity index (χ1n) is 4.50. The fourth-order valence-electron chi connectivity index (χ4n) is 1.22. The van der Waals surface area contributed by atoms with Gasteiger partial charge in [0, 0.05) is 11.8 Å². The molecule has 0 aromatic carbocycles. The molecule has 0 aliphatic heterocycles. The molecule has 0 aliphatic rings. The Morgan fingerprint density at radius 1 is 1.33 bits per heavy atom. The number of nitrogens with zero attached hydrogens (tertiary/aromatic N) is 1. The first-order chi connectivity index (χ1) is 8.30. The van der Waals surface area contributed by atoms with Crippen molar-refractivity contribution in [2.75, 3.05) is 7.11 Å². The Hall–Kier alpha value is -1.64. The highest BCUT2D eigenvalue weighted by Gasteiger charge is 2.35. The molecule has 1 aromatic heterocycles. The van der Waals surface area contributed by atoms with Crippen LogP contribution in [0.5, 0.6) is 11.5 Å². The molecule has 102 valence electrons. The van der Waals surface area contributed by atoms with Crippen molar-refractivity contribution < 1.29 is 36.5 Å². The number of hydrogen-bond donors (Lipinski definition) is 1. The Kier molecular flexibility index (Phi) is 4.28. The van der Waals surface area contributed by atoms with E-state index in [1.165, 1.54) is 0 Å². The Bertz CT molecular complexity index is 421. The number of rotatable bonds is 4. The summed E-state index contributed by atoms with van der Waals surface area (Å²) in [6.07, 6.45) is -7.56. The van der Waals surface area contributed by atoms with Gasteiger partial charge in [-0.25, -0.2) is 8.78 Å². The van der Waals surface area contributed by atoms with Crippen molar-refractivity contribution in [1.82, 2.24) is 4.98 Å². The molecule has 0 fully saturated rings. The molecule has 1 aromatic rings. The van der Waals surface area contributed by atoms with Gasteiger partial charge >= 0.3 is 6.36 Å². The third kappa shape index (κ3) is 3.19. The van der Waals surface area contributed by atoms with Gasteiger partial charge in [-0.3, -0.25) is 4.98 Å². The van der Waals surface area contributed by atoms with Crippen LogP contribution in [0.3, 0.4) is 0 Å². The van der Waals surface area contributed by atoms with Crippen molar-refractivity contribution >= 4 is 0 Å². The predicted octanol–water partition coefficient (Wildman–Crippen LogP) is 2.42. The van der Waals surface area contributed by atoms with Crippen LogP contribution in [0.4, 0.5) is 22.0 Å². The average Bonchev–Trinajstić information content (AvgIpc) is 2.26. The van der Waals surface area contributed by atoms with Crippen LogP contribution in [-0.2, 0) is 6.61 Å². The van der Waals surface area contributed by atoms with Crippen molar-refractivity contribution in [3.05, 3.63) is 17.5 Å². The lowest BCUT2D eigenvalue weighted by Gasteiger charge is -2.17. The van der Waals surface area contributed by atoms with Crippen molar-refractivity contribution in [2.45, 2.75) is 19.4 Å². The summed E-state index contributed by atoms with van der Waals surface area (Å²) in [5.74, 6) is -1.87. The first-order valence-corrected chi connectivity index (χ1v) is 4.50. The second kappa shape index (κ2) is 5.34. The first kappa shape index (κ1) is 14.4. The number of aromatic nitrogens is 1. The second-order valence-electron chi connectivity index (χ2n) is 3.04. The molecule has 0 bridgehead atoms. The van der Waals surface area contributed by atoms with Crippen LogP contribution in [0.2, 0.25) is 0 Å². The zero-order valence-electron chi connectivity index (χ0n) is 8.96. The fourth-order valence-corrected chi connectivity index (χ4v) is 1.22. The molecule has 9 heteroatoms. The quantitative estimate of drug-likeness (QED) is 0.856. The number of pyridine rings is 1. The molecule has 1 N–H and O–H groups in total. The summed E-state index contributed by atoms with van der Waals surface area (Å²) in [4.78, 5) is 3.23. The average molecular weight is 273 g/mol. The maximum atomic E-state index is 12.5. The van der Waals surface area contributed by atoms with Crippen molar-refractivity contribution in [3.8, 4) is 11.5 Å². The minimum Gasteiger partial charge on any atom is -0.491 e. The highest BCUT2D eigenvalue weighted by Crippen LogP contribution is 2.40. The molecule has 0 atom stereocenters. The van der Waals surface area contributed by atoms with Crippen LogP contribution in [0.25, 0.3) is 0 Å². The summed E-state index contributed by atoms with van der Waals surface area (Å²) in [5, 5.41) is 8.83. The third-order valence-corrected chi connectivity index (χ3v) is 1.89. The van der Waals surface area contributed by atoms with Gasteiger partial charge in [-0.15, -0.1) is 13.2 Å². The van der Waals surface area contributed by atoms with Gasteiger partial charge < -0.3 is 14.6 Å². The molecule has 0 amide bonds. The molecule has 0 aliphatic carbocycles. The highest BCUT2D eigenvalue weighted by atomic mass is 19.4. The smallest absolute Gasteiger partial charge is 0.491 e. The Balaban J connectivity index is 3.37. The highest BCUT2D eigenvalue weighted by molar-refractivity contribution is 5.48. The standard InChI is InChI=1S/C9H8F5NO3/c1-17-7-5(8(10)11)15-2-4(3-16)6(7)18-9(12,13)14/h2,8,16H,3H2,1H3. The Morgan fingerprint density at radius 3 is 2.33 bits per heavy atom. The topological polar surface area (TPSA) is 51.6 Å². The molecule has 0 saturated heterocycles. The molecular weight excluding hydrogens is 265 g/mol. The van der Waals surface area contributed by atoms with Gasteiger partial charge in [-0.1, -0.05) is 0 Å². The minimum absolute atomic E-state index is 0.409. The lowest BCUT2D eigenvalue weighted by Crippen LogP contribution is -2.19. The van der Waals surface area contributed by atoms with Crippen LogP contribution in [0.15, 0.2) is 6.20 Å². The summed E-state index contributed by atoms with van der Waals surface area (Å²) >= 11 is 0. The van der Waals surface area contributed by atoms with Crippen molar-refractivity contribution in [3.63, 3.8) is 0 Å². The lowest BCUT2D eigenvalue weighted by molar-refractivity contribution is -0.275. The predicted molar refractivity (Wildman–Crippen MR) is 48.4 cm³/mol. The molecule has 1 heterocycles. The number of halogens is 5. The number of hydrogen-bond acceptors (Lipinski definition) is 4. The van der Waals surface area contributed by atoms with Crippen molar-refractivity contribution in [1.29, 1.82) is 0 Å².